The fourth-order valence-electron chi connectivity index (χ4n) is 2.88. The van der Waals surface area contributed by atoms with Crippen molar-refractivity contribution in [3.05, 3.63) is 45.9 Å². The normalized spacial score (nSPS) is 17.2. The number of likely N-dealkylation sites (tertiary alicyclic amines) is 1. The smallest absolute Gasteiger partial charge is 0.358 e. The molecule has 1 aliphatic heterocycles. The van der Waals surface area contributed by atoms with Crippen LogP contribution in [0.4, 0.5) is 4.39 Å². The van der Waals surface area contributed by atoms with E-state index in [2.05, 4.69) is 26.2 Å². The molecule has 7 nitrogen and oxygen atoms in total. The lowest BCUT2D eigenvalue weighted by molar-refractivity contribution is -0.133. The highest BCUT2D eigenvalue weighted by atomic mass is 79.9. The molecule has 9 heteroatoms. The summed E-state index contributed by atoms with van der Waals surface area (Å²) in [4.78, 5) is 25.0. The Morgan fingerprint density at radius 2 is 2.17 bits per heavy atom. The van der Waals surface area contributed by atoms with Crippen molar-refractivity contribution in [2.24, 2.45) is 0 Å². The van der Waals surface area contributed by atoms with Gasteiger partial charge in [0.2, 0.25) is 5.91 Å². The highest BCUT2D eigenvalue weighted by molar-refractivity contribution is 9.10. The minimum Gasteiger partial charge on any atom is -0.476 e. The molecular weight excluding hydrogens is 383 g/mol. The van der Waals surface area contributed by atoms with Gasteiger partial charge >= 0.3 is 5.97 Å². The number of carbonyl (C=O) groups excluding carboxylic acids is 1. The SMILES string of the molecule is O=C(O)c1cn(CC(=O)N2CCCC2c2cc(F)cc(Br)c2)nn1. The summed E-state index contributed by atoms with van der Waals surface area (Å²) in [7, 11) is 0. The topological polar surface area (TPSA) is 88.3 Å². The summed E-state index contributed by atoms with van der Waals surface area (Å²) in [5, 5.41) is 16.0. The molecule has 0 saturated carbocycles. The highest BCUT2D eigenvalue weighted by Gasteiger charge is 2.30. The van der Waals surface area contributed by atoms with E-state index >= 15 is 0 Å². The third-order valence-electron chi connectivity index (χ3n) is 3.90. The molecule has 1 amide bonds. The summed E-state index contributed by atoms with van der Waals surface area (Å²) < 4.78 is 15.4. The second kappa shape index (κ2) is 6.68. The number of halogens is 2. The molecule has 126 valence electrons. The van der Waals surface area contributed by atoms with Gasteiger partial charge in [0.25, 0.3) is 0 Å². The summed E-state index contributed by atoms with van der Waals surface area (Å²) in [5.74, 6) is -1.77. The average Bonchev–Trinajstić information content (AvgIpc) is 3.14. The Labute approximate surface area is 145 Å². The van der Waals surface area contributed by atoms with Gasteiger partial charge in [-0.15, -0.1) is 5.10 Å². The zero-order chi connectivity index (χ0) is 17.3. The van der Waals surface area contributed by atoms with Crippen molar-refractivity contribution >= 4 is 27.8 Å². The third kappa shape index (κ3) is 3.45. The van der Waals surface area contributed by atoms with Gasteiger partial charge in [-0.1, -0.05) is 21.1 Å². The number of amides is 1. The maximum atomic E-state index is 13.6. The molecule has 3 rings (SSSR count). The van der Waals surface area contributed by atoms with E-state index in [1.807, 2.05) is 0 Å². The molecule has 1 fully saturated rings. The van der Waals surface area contributed by atoms with E-state index in [-0.39, 0.29) is 30.0 Å². The minimum absolute atomic E-state index is 0.104. The van der Waals surface area contributed by atoms with Crippen LogP contribution in [-0.2, 0) is 11.3 Å². The number of hydrogen-bond donors (Lipinski definition) is 1. The quantitative estimate of drug-likeness (QED) is 0.855. The van der Waals surface area contributed by atoms with Gasteiger partial charge in [0.05, 0.1) is 12.2 Å². The molecule has 1 saturated heterocycles. The van der Waals surface area contributed by atoms with Gasteiger partial charge in [0.15, 0.2) is 5.69 Å². The lowest BCUT2D eigenvalue weighted by atomic mass is 10.0. The zero-order valence-electron chi connectivity index (χ0n) is 12.5. The fraction of sp³-hybridized carbons (Fsp3) is 0.333. The molecule has 1 N–H and O–H groups in total. The van der Waals surface area contributed by atoms with Crippen molar-refractivity contribution in [3.8, 4) is 0 Å². The van der Waals surface area contributed by atoms with Gasteiger partial charge in [0, 0.05) is 11.0 Å². The van der Waals surface area contributed by atoms with Crippen molar-refractivity contribution < 1.29 is 19.1 Å². The molecular formula is C15H14BrFN4O3. The third-order valence-corrected chi connectivity index (χ3v) is 4.36. The number of benzene rings is 1. The van der Waals surface area contributed by atoms with Crippen LogP contribution in [-0.4, -0.2) is 43.4 Å². The van der Waals surface area contributed by atoms with E-state index in [4.69, 9.17) is 5.11 Å². The van der Waals surface area contributed by atoms with Crippen LogP contribution in [0.5, 0.6) is 0 Å². The van der Waals surface area contributed by atoms with Crippen LogP contribution >= 0.6 is 15.9 Å². The van der Waals surface area contributed by atoms with E-state index in [9.17, 15) is 14.0 Å². The number of aromatic carboxylic acids is 1. The van der Waals surface area contributed by atoms with Crippen LogP contribution < -0.4 is 0 Å². The first-order chi connectivity index (χ1) is 11.4. The first kappa shape index (κ1) is 16.6. The molecule has 0 bridgehead atoms. The molecule has 1 atom stereocenters. The number of aromatic nitrogens is 3. The van der Waals surface area contributed by atoms with Gasteiger partial charge in [-0.25, -0.2) is 13.9 Å². The maximum Gasteiger partial charge on any atom is 0.358 e. The van der Waals surface area contributed by atoms with Crippen LogP contribution in [0, 0.1) is 5.82 Å². The summed E-state index contributed by atoms with van der Waals surface area (Å²) in [6.45, 7) is 0.464. The van der Waals surface area contributed by atoms with Crippen LogP contribution in [0.15, 0.2) is 28.9 Å². The first-order valence-corrected chi connectivity index (χ1v) is 8.12. The number of carbonyl (C=O) groups is 2. The number of hydrogen-bond acceptors (Lipinski definition) is 4. The molecule has 1 aromatic heterocycles. The van der Waals surface area contributed by atoms with Crippen molar-refractivity contribution in [1.29, 1.82) is 0 Å². The molecule has 2 aromatic rings. The van der Waals surface area contributed by atoms with E-state index in [0.717, 1.165) is 18.4 Å². The van der Waals surface area contributed by atoms with Gasteiger partial charge in [-0.05, 0) is 36.6 Å². The van der Waals surface area contributed by atoms with E-state index in [1.165, 1.54) is 23.0 Å². The summed E-state index contributed by atoms with van der Waals surface area (Å²) in [5.41, 5.74) is 0.521. The van der Waals surface area contributed by atoms with E-state index < -0.39 is 5.97 Å². The standard InChI is InChI=1S/C15H14BrFN4O3/c16-10-4-9(5-11(17)6-10)13-2-1-3-21(13)14(22)8-20-7-12(15(23)24)18-19-20/h4-7,13H,1-3,8H2,(H,23,24). The first-order valence-electron chi connectivity index (χ1n) is 7.33. The van der Waals surface area contributed by atoms with Crippen LogP contribution in [0.3, 0.4) is 0 Å². The summed E-state index contributed by atoms with van der Waals surface area (Å²) in [6, 6.07) is 4.40. The number of nitrogens with zero attached hydrogens (tertiary/aromatic N) is 4. The Balaban J connectivity index is 1.76. The predicted octanol–water partition coefficient (Wildman–Crippen LogP) is 2.24. The molecule has 2 heterocycles. The highest BCUT2D eigenvalue weighted by Crippen LogP contribution is 2.33. The Kier molecular flexibility index (Phi) is 4.61. The van der Waals surface area contributed by atoms with Crippen LogP contribution in [0.1, 0.15) is 34.9 Å². The van der Waals surface area contributed by atoms with Gasteiger partial charge < -0.3 is 10.0 Å². The van der Waals surface area contributed by atoms with Crippen molar-refractivity contribution in [2.45, 2.75) is 25.4 Å². The maximum absolute atomic E-state index is 13.6. The number of carboxylic acids is 1. The molecule has 0 aliphatic carbocycles. The Hall–Kier alpha value is -2.29. The average molecular weight is 397 g/mol. The second-order valence-corrected chi connectivity index (χ2v) is 6.47. The summed E-state index contributed by atoms with van der Waals surface area (Å²) >= 11 is 3.27. The van der Waals surface area contributed by atoms with E-state index in [0.29, 0.717) is 11.0 Å². The van der Waals surface area contributed by atoms with Crippen LogP contribution in [0.25, 0.3) is 0 Å². The van der Waals surface area contributed by atoms with E-state index in [1.54, 1.807) is 11.0 Å². The van der Waals surface area contributed by atoms with Crippen molar-refractivity contribution in [2.75, 3.05) is 6.54 Å². The monoisotopic (exact) mass is 396 g/mol. The molecule has 0 radical (unpaired) electrons. The number of rotatable bonds is 4. The lowest BCUT2D eigenvalue weighted by Crippen LogP contribution is -2.33. The molecule has 1 aliphatic rings. The van der Waals surface area contributed by atoms with Crippen LogP contribution in [0.2, 0.25) is 0 Å². The number of carboxylic acid groups (broad SMARTS) is 1. The second-order valence-electron chi connectivity index (χ2n) is 5.55. The Bertz CT molecular complexity index is 775. The lowest BCUT2D eigenvalue weighted by Gasteiger charge is -2.25. The van der Waals surface area contributed by atoms with Gasteiger partial charge in [-0.3, -0.25) is 4.79 Å². The van der Waals surface area contributed by atoms with Gasteiger partial charge in [0.1, 0.15) is 12.4 Å². The van der Waals surface area contributed by atoms with Crippen molar-refractivity contribution in [1.82, 2.24) is 19.9 Å². The Morgan fingerprint density at radius 1 is 1.38 bits per heavy atom. The Morgan fingerprint density at radius 3 is 2.83 bits per heavy atom. The van der Waals surface area contributed by atoms with Gasteiger partial charge in [-0.2, -0.15) is 0 Å². The fourth-order valence-corrected chi connectivity index (χ4v) is 3.37. The zero-order valence-corrected chi connectivity index (χ0v) is 14.1. The van der Waals surface area contributed by atoms with Crippen molar-refractivity contribution in [3.63, 3.8) is 0 Å². The molecule has 0 spiro atoms. The summed E-state index contributed by atoms with van der Waals surface area (Å²) in [6.07, 6.45) is 2.78. The molecule has 1 unspecified atom stereocenters. The molecule has 24 heavy (non-hydrogen) atoms. The molecule has 1 aromatic carbocycles. The predicted molar refractivity (Wildman–Crippen MR) is 84.8 cm³/mol. The minimum atomic E-state index is -1.20. The largest absolute Gasteiger partial charge is 0.476 e.